The van der Waals surface area contributed by atoms with Crippen molar-refractivity contribution in [2.45, 2.75) is 39.2 Å². The van der Waals surface area contributed by atoms with Crippen molar-refractivity contribution < 1.29 is 4.74 Å². The van der Waals surface area contributed by atoms with Gasteiger partial charge in [-0.3, -0.25) is 0 Å². The van der Waals surface area contributed by atoms with Crippen molar-refractivity contribution in [3.05, 3.63) is 24.9 Å². The molecule has 12 heavy (non-hydrogen) atoms. The largest absolute Gasteiger partial charge is 0.470 e. The first-order valence-corrected chi connectivity index (χ1v) is 4.50. The van der Waals surface area contributed by atoms with Gasteiger partial charge in [0.25, 0.3) is 0 Å². The molecule has 0 amide bonds. The lowest BCUT2D eigenvalue weighted by atomic mass is 9.94. The highest BCUT2D eigenvalue weighted by molar-refractivity contribution is 5.00. The van der Waals surface area contributed by atoms with Crippen LogP contribution in [0.25, 0.3) is 0 Å². The second-order valence-electron chi connectivity index (χ2n) is 3.32. The summed E-state index contributed by atoms with van der Waals surface area (Å²) in [4.78, 5) is 2.20. The third-order valence-electron chi connectivity index (χ3n) is 2.75. The third kappa shape index (κ3) is 1.63. The molecule has 1 aliphatic rings. The van der Waals surface area contributed by atoms with Gasteiger partial charge in [0.2, 0.25) is 0 Å². The summed E-state index contributed by atoms with van der Waals surface area (Å²) >= 11 is 0. The fraction of sp³-hybridized carbons (Fsp3) is 0.600. The van der Waals surface area contributed by atoms with E-state index in [-0.39, 0.29) is 5.54 Å². The van der Waals surface area contributed by atoms with Crippen molar-refractivity contribution in [1.82, 2.24) is 4.90 Å². The smallest absolute Gasteiger partial charge is 0.106 e. The predicted molar refractivity (Wildman–Crippen MR) is 50.2 cm³/mol. The molecule has 68 valence electrons. The van der Waals surface area contributed by atoms with Crippen LogP contribution in [-0.4, -0.2) is 10.4 Å². The quantitative estimate of drug-likeness (QED) is 0.641. The van der Waals surface area contributed by atoms with Gasteiger partial charge in [-0.05, 0) is 19.8 Å². The fourth-order valence-corrected chi connectivity index (χ4v) is 1.27. The van der Waals surface area contributed by atoms with Crippen molar-refractivity contribution >= 4 is 0 Å². The van der Waals surface area contributed by atoms with Gasteiger partial charge in [0.15, 0.2) is 0 Å². The molecule has 0 aromatic heterocycles. The third-order valence-corrected chi connectivity index (χ3v) is 2.75. The van der Waals surface area contributed by atoms with Gasteiger partial charge >= 0.3 is 0 Å². The van der Waals surface area contributed by atoms with Gasteiger partial charge < -0.3 is 9.64 Å². The lowest BCUT2D eigenvalue weighted by molar-refractivity contribution is 0.189. The summed E-state index contributed by atoms with van der Waals surface area (Å²) in [6.07, 6.45) is 9.66. The van der Waals surface area contributed by atoms with Crippen LogP contribution in [0.5, 0.6) is 0 Å². The van der Waals surface area contributed by atoms with Gasteiger partial charge in [0.05, 0.1) is 0 Å². The molecular formula is C10H17NO. The van der Waals surface area contributed by atoms with E-state index in [1.165, 1.54) is 0 Å². The van der Waals surface area contributed by atoms with E-state index >= 15 is 0 Å². The van der Waals surface area contributed by atoms with E-state index in [0.717, 1.165) is 12.8 Å². The van der Waals surface area contributed by atoms with E-state index < -0.39 is 0 Å². The Morgan fingerprint density at radius 2 is 1.67 bits per heavy atom. The minimum atomic E-state index is 0.233. The van der Waals surface area contributed by atoms with Gasteiger partial charge in [0, 0.05) is 17.9 Å². The zero-order valence-electron chi connectivity index (χ0n) is 8.08. The molecule has 2 heteroatoms. The molecule has 0 radical (unpaired) electrons. The van der Waals surface area contributed by atoms with Gasteiger partial charge in [-0.1, -0.05) is 13.8 Å². The van der Waals surface area contributed by atoms with Gasteiger partial charge in [-0.15, -0.1) is 0 Å². The molecule has 0 unspecified atom stereocenters. The summed E-state index contributed by atoms with van der Waals surface area (Å²) in [7, 11) is 0. The second-order valence-corrected chi connectivity index (χ2v) is 3.32. The minimum Gasteiger partial charge on any atom is -0.470 e. The molecule has 0 atom stereocenters. The number of nitrogens with zero attached hydrogens (tertiary/aromatic N) is 1. The minimum absolute atomic E-state index is 0.233. The molecular weight excluding hydrogens is 150 g/mol. The van der Waals surface area contributed by atoms with E-state index in [1.54, 1.807) is 12.5 Å². The summed E-state index contributed by atoms with van der Waals surface area (Å²) < 4.78 is 4.98. The van der Waals surface area contributed by atoms with Crippen LogP contribution >= 0.6 is 0 Å². The molecule has 1 heterocycles. The van der Waals surface area contributed by atoms with E-state index in [9.17, 15) is 0 Å². The summed E-state index contributed by atoms with van der Waals surface area (Å²) in [5.74, 6) is 0. The number of ether oxygens (including phenoxy) is 1. The summed E-state index contributed by atoms with van der Waals surface area (Å²) in [5.41, 5.74) is 0.233. The Bertz CT molecular complexity index is 180. The molecule has 0 spiro atoms. The van der Waals surface area contributed by atoms with Crippen LogP contribution in [0.15, 0.2) is 24.9 Å². The van der Waals surface area contributed by atoms with Crippen LogP contribution in [0, 0.1) is 0 Å². The summed E-state index contributed by atoms with van der Waals surface area (Å²) in [6.45, 7) is 6.67. The molecule has 0 aliphatic carbocycles. The molecule has 1 rings (SSSR count). The number of rotatable bonds is 3. The zero-order chi connectivity index (χ0) is 9.03. The highest BCUT2D eigenvalue weighted by Crippen LogP contribution is 2.25. The number of hydrogen-bond donors (Lipinski definition) is 0. The zero-order valence-corrected chi connectivity index (χ0v) is 8.08. The van der Waals surface area contributed by atoms with Gasteiger partial charge in [-0.25, -0.2) is 0 Å². The highest BCUT2D eigenvalue weighted by Gasteiger charge is 2.24. The molecule has 0 saturated carbocycles. The van der Waals surface area contributed by atoms with Crippen molar-refractivity contribution in [3.63, 3.8) is 0 Å². The first kappa shape index (κ1) is 9.17. The molecule has 0 aromatic rings. The van der Waals surface area contributed by atoms with Crippen molar-refractivity contribution in [2.24, 2.45) is 0 Å². The topological polar surface area (TPSA) is 12.5 Å². The van der Waals surface area contributed by atoms with Crippen LogP contribution in [0.4, 0.5) is 0 Å². The number of hydrogen-bond acceptors (Lipinski definition) is 2. The van der Waals surface area contributed by atoms with Crippen LogP contribution in [0.1, 0.15) is 33.6 Å². The first-order valence-electron chi connectivity index (χ1n) is 4.50. The van der Waals surface area contributed by atoms with Crippen LogP contribution in [0.2, 0.25) is 0 Å². The van der Waals surface area contributed by atoms with Crippen molar-refractivity contribution in [2.75, 3.05) is 0 Å². The molecule has 1 aliphatic heterocycles. The molecule has 0 bridgehead atoms. The Morgan fingerprint density at radius 3 is 2.08 bits per heavy atom. The lowest BCUT2D eigenvalue weighted by Gasteiger charge is -2.37. The average Bonchev–Trinajstić information content (AvgIpc) is 2.18. The van der Waals surface area contributed by atoms with Crippen molar-refractivity contribution in [1.29, 1.82) is 0 Å². The van der Waals surface area contributed by atoms with Crippen molar-refractivity contribution in [3.8, 4) is 0 Å². The van der Waals surface area contributed by atoms with Crippen LogP contribution in [-0.2, 0) is 4.74 Å². The maximum Gasteiger partial charge on any atom is 0.106 e. The Labute approximate surface area is 74.5 Å². The molecule has 0 saturated heterocycles. The summed E-state index contributed by atoms with van der Waals surface area (Å²) in [5, 5.41) is 0. The molecule has 0 N–H and O–H groups in total. The summed E-state index contributed by atoms with van der Waals surface area (Å²) in [6, 6.07) is 0. The van der Waals surface area contributed by atoms with E-state index in [0.29, 0.717) is 0 Å². The average molecular weight is 167 g/mol. The normalized spacial score (nSPS) is 16.4. The highest BCUT2D eigenvalue weighted by atomic mass is 16.5. The Morgan fingerprint density at radius 1 is 1.17 bits per heavy atom. The van der Waals surface area contributed by atoms with Crippen LogP contribution < -0.4 is 0 Å². The lowest BCUT2D eigenvalue weighted by Crippen LogP contribution is -2.39. The maximum absolute atomic E-state index is 4.98. The van der Waals surface area contributed by atoms with Crippen LogP contribution in [0.3, 0.4) is 0 Å². The molecule has 2 nitrogen and oxygen atoms in total. The predicted octanol–water partition coefficient (Wildman–Crippen LogP) is 2.84. The standard InChI is InChI=1S/C10H17NO/c1-4-10(3,5-2)11-6-8-12-9-7-11/h6-9H,4-5H2,1-3H3. The van der Waals surface area contributed by atoms with E-state index in [4.69, 9.17) is 4.74 Å². The Kier molecular flexibility index (Phi) is 2.79. The molecule has 0 aromatic carbocycles. The monoisotopic (exact) mass is 167 g/mol. The van der Waals surface area contributed by atoms with E-state index in [1.807, 2.05) is 12.4 Å². The van der Waals surface area contributed by atoms with E-state index in [2.05, 4.69) is 25.7 Å². The Hall–Kier alpha value is -0.920. The SMILES string of the molecule is CCC(C)(CC)N1C=COC=C1. The molecule has 0 fully saturated rings. The fourth-order valence-electron chi connectivity index (χ4n) is 1.27. The second kappa shape index (κ2) is 3.65. The maximum atomic E-state index is 4.98. The van der Waals surface area contributed by atoms with Gasteiger partial charge in [-0.2, -0.15) is 0 Å². The Balaban J connectivity index is 2.71. The van der Waals surface area contributed by atoms with Gasteiger partial charge in [0.1, 0.15) is 12.5 Å². The first-order chi connectivity index (χ1) is 5.73.